The maximum Gasteiger partial charge on any atom is 0.319 e. The standard InChI is InChI=1S/C30H33N7O3/c1-19-15-22(5-6-23(19)20-8-13-37(14-9-20)30(39)36-11-3-4-12-36)33-28-27-21(7-10-32-29(27)38)16-24(35-28)25-17-31-18-26(34-25)40-2/h5-7,10,15-18,20H,3-4,8-9,11-14H2,1-2H3,(H,32,38)(H,33,35). The van der Waals surface area contributed by atoms with E-state index in [9.17, 15) is 9.59 Å². The van der Waals surface area contributed by atoms with Crippen LogP contribution in [0.1, 0.15) is 42.7 Å². The first-order valence-corrected chi connectivity index (χ1v) is 13.8. The molecule has 0 bridgehead atoms. The summed E-state index contributed by atoms with van der Waals surface area (Å²) < 4.78 is 5.23. The van der Waals surface area contributed by atoms with E-state index in [1.54, 1.807) is 12.4 Å². The van der Waals surface area contributed by atoms with Crippen LogP contribution in [0.25, 0.3) is 22.2 Å². The van der Waals surface area contributed by atoms with Crippen molar-refractivity contribution in [3.05, 3.63) is 70.4 Å². The normalized spacial score (nSPS) is 15.9. The number of anilines is 2. The minimum absolute atomic E-state index is 0.198. The molecule has 6 rings (SSSR count). The first-order valence-electron chi connectivity index (χ1n) is 13.8. The van der Waals surface area contributed by atoms with Gasteiger partial charge in [-0.25, -0.2) is 14.8 Å². The molecule has 40 heavy (non-hydrogen) atoms. The van der Waals surface area contributed by atoms with Gasteiger partial charge in [-0.3, -0.25) is 9.78 Å². The molecule has 1 aromatic carbocycles. The molecule has 10 heteroatoms. The summed E-state index contributed by atoms with van der Waals surface area (Å²) in [6.45, 7) is 5.47. The van der Waals surface area contributed by atoms with Crippen molar-refractivity contribution in [3.63, 3.8) is 0 Å². The van der Waals surface area contributed by atoms with Crippen molar-refractivity contribution in [2.45, 2.75) is 38.5 Å². The van der Waals surface area contributed by atoms with Crippen LogP contribution in [0.5, 0.6) is 5.88 Å². The molecule has 0 aliphatic carbocycles. The SMILES string of the molecule is COc1cncc(-c2cc3cc[nH]c(=O)c3c(Nc3ccc(C4CCN(C(=O)N5CCCC5)CC4)c(C)c3)n2)n1. The Morgan fingerprint density at radius 3 is 2.52 bits per heavy atom. The van der Waals surface area contributed by atoms with Crippen LogP contribution in [0.2, 0.25) is 0 Å². The quantitative estimate of drug-likeness (QED) is 0.373. The fraction of sp³-hybridized carbons (Fsp3) is 0.367. The van der Waals surface area contributed by atoms with Gasteiger partial charge < -0.3 is 24.8 Å². The number of methoxy groups -OCH3 is 1. The Labute approximate surface area is 232 Å². The summed E-state index contributed by atoms with van der Waals surface area (Å²) in [5, 5.41) is 4.59. The molecule has 0 unspecified atom stereocenters. The summed E-state index contributed by atoms with van der Waals surface area (Å²) in [7, 11) is 1.54. The third-order valence-electron chi connectivity index (χ3n) is 7.95. The number of aromatic nitrogens is 4. The Bertz CT molecular complexity index is 1600. The number of H-pyrrole nitrogens is 1. The second kappa shape index (κ2) is 11.0. The number of nitrogens with zero attached hydrogens (tertiary/aromatic N) is 5. The number of pyridine rings is 2. The number of rotatable bonds is 5. The van der Waals surface area contributed by atoms with E-state index >= 15 is 0 Å². The van der Waals surface area contributed by atoms with E-state index in [2.05, 4.69) is 39.3 Å². The maximum atomic E-state index is 12.8. The zero-order valence-corrected chi connectivity index (χ0v) is 22.8. The summed E-state index contributed by atoms with van der Waals surface area (Å²) in [5.41, 5.74) is 4.21. The van der Waals surface area contributed by atoms with Gasteiger partial charge in [0.2, 0.25) is 5.88 Å². The van der Waals surface area contributed by atoms with Gasteiger partial charge in [0.05, 0.1) is 30.6 Å². The Hall–Kier alpha value is -4.47. The predicted octanol–water partition coefficient (Wildman–Crippen LogP) is 4.84. The number of hydrogen-bond acceptors (Lipinski definition) is 7. The van der Waals surface area contributed by atoms with Crippen LogP contribution in [0, 0.1) is 6.92 Å². The first-order chi connectivity index (χ1) is 19.5. The number of benzene rings is 1. The third-order valence-corrected chi connectivity index (χ3v) is 7.95. The van der Waals surface area contributed by atoms with E-state index in [1.165, 1.54) is 24.4 Å². The number of carbonyl (C=O) groups excluding carboxylic acids is 1. The van der Waals surface area contributed by atoms with Gasteiger partial charge in [-0.05, 0) is 79.3 Å². The van der Waals surface area contributed by atoms with Crippen molar-refractivity contribution < 1.29 is 9.53 Å². The van der Waals surface area contributed by atoms with Gasteiger partial charge in [0.15, 0.2) is 0 Å². The number of piperidine rings is 1. The largest absolute Gasteiger partial charge is 0.480 e. The molecule has 0 atom stereocenters. The van der Waals surface area contributed by atoms with Gasteiger partial charge in [0.1, 0.15) is 11.5 Å². The minimum Gasteiger partial charge on any atom is -0.480 e. The highest BCUT2D eigenvalue weighted by Crippen LogP contribution is 2.33. The Balaban J connectivity index is 1.24. The van der Waals surface area contributed by atoms with Gasteiger partial charge in [-0.1, -0.05) is 6.07 Å². The summed E-state index contributed by atoms with van der Waals surface area (Å²) >= 11 is 0. The lowest BCUT2D eigenvalue weighted by Gasteiger charge is -2.35. The zero-order chi connectivity index (χ0) is 27.6. The molecule has 2 aliphatic heterocycles. The number of likely N-dealkylation sites (tertiary alicyclic amines) is 2. The molecule has 0 radical (unpaired) electrons. The van der Waals surface area contributed by atoms with Crippen LogP contribution in [-0.2, 0) is 0 Å². The van der Waals surface area contributed by atoms with Gasteiger partial charge in [-0.15, -0.1) is 0 Å². The number of amides is 2. The second-order valence-electron chi connectivity index (χ2n) is 10.5. The molecule has 10 nitrogen and oxygen atoms in total. The summed E-state index contributed by atoms with van der Waals surface area (Å²) in [5.74, 6) is 1.24. The van der Waals surface area contributed by atoms with Gasteiger partial charge in [0.25, 0.3) is 5.56 Å². The fourth-order valence-corrected chi connectivity index (χ4v) is 5.84. The number of ether oxygens (including phenoxy) is 1. The molecule has 4 aromatic rings. The fourth-order valence-electron chi connectivity index (χ4n) is 5.84. The van der Waals surface area contributed by atoms with E-state index in [0.29, 0.717) is 34.4 Å². The topological polar surface area (TPSA) is 116 Å². The van der Waals surface area contributed by atoms with Crippen molar-refractivity contribution in [3.8, 4) is 17.3 Å². The maximum absolute atomic E-state index is 12.8. The van der Waals surface area contributed by atoms with Crippen molar-refractivity contribution >= 4 is 28.3 Å². The van der Waals surface area contributed by atoms with Gasteiger partial charge >= 0.3 is 6.03 Å². The van der Waals surface area contributed by atoms with Crippen LogP contribution >= 0.6 is 0 Å². The Kier molecular flexibility index (Phi) is 7.06. The molecule has 2 N–H and O–H groups in total. The summed E-state index contributed by atoms with van der Waals surface area (Å²) in [6, 6.07) is 10.2. The molecule has 3 aromatic heterocycles. The Morgan fingerprint density at radius 2 is 1.77 bits per heavy atom. The van der Waals surface area contributed by atoms with E-state index < -0.39 is 0 Å². The van der Waals surface area contributed by atoms with E-state index in [-0.39, 0.29) is 11.6 Å². The van der Waals surface area contributed by atoms with Crippen LogP contribution < -0.4 is 15.6 Å². The van der Waals surface area contributed by atoms with Gasteiger partial charge in [-0.2, -0.15) is 0 Å². The number of nitrogens with one attached hydrogen (secondary N) is 2. The second-order valence-corrected chi connectivity index (χ2v) is 10.5. The molecule has 2 aliphatic rings. The third kappa shape index (κ3) is 5.09. The number of aromatic amines is 1. The minimum atomic E-state index is -0.223. The van der Waals surface area contributed by atoms with Crippen molar-refractivity contribution in [1.82, 2.24) is 29.7 Å². The van der Waals surface area contributed by atoms with Crippen LogP contribution in [0.3, 0.4) is 0 Å². The highest BCUT2D eigenvalue weighted by Gasteiger charge is 2.28. The molecule has 5 heterocycles. The van der Waals surface area contributed by atoms with Gasteiger partial charge in [0, 0.05) is 38.1 Å². The lowest BCUT2D eigenvalue weighted by atomic mass is 9.86. The number of urea groups is 1. The highest BCUT2D eigenvalue weighted by atomic mass is 16.5. The molecule has 2 fully saturated rings. The van der Waals surface area contributed by atoms with Crippen molar-refractivity contribution in [2.24, 2.45) is 0 Å². The summed E-state index contributed by atoms with van der Waals surface area (Å²) in [6.07, 6.45) is 8.92. The molecule has 2 amide bonds. The van der Waals surface area contributed by atoms with Crippen molar-refractivity contribution in [2.75, 3.05) is 38.6 Å². The summed E-state index contributed by atoms with van der Waals surface area (Å²) in [4.78, 5) is 45.8. The first kappa shape index (κ1) is 25.8. The van der Waals surface area contributed by atoms with Crippen LogP contribution in [-0.4, -0.2) is 69.1 Å². The number of aryl methyl sites for hydroxylation is 1. The van der Waals surface area contributed by atoms with E-state index in [4.69, 9.17) is 9.72 Å². The molecule has 2 saturated heterocycles. The number of hydrogen-bond donors (Lipinski definition) is 2. The van der Waals surface area contributed by atoms with E-state index in [0.717, 1.165) is 62.9 Å². The monoisotopic (exact) mass is 539 g/mol. The lowest BCUT2D eigenvalue weighted by molar-refractivity contribution is 0.148. The molecule has 206 valence electrons. The average molecular weight is 540 g/mol. The number of carbonyl (C=O) groups is 1. The number of fused-ring (bicyclic) bond motifs is 1. The predicted molar refractivity (Wildman–Crippen MR) is 154 cm³/mol. The van der Waals surface area contributed by atoms with Crippen LogP contribution in [0.4, 0.5) is 16.3 Å². The lowest BCUT2D eigenvalue weighted by Crippen LogP contribution is -2.45. The smallest absolute Gasteiger partial charge is 0.319 e. The van der Waals surface area contributed by atoms with E-state index in [1.807, 2.05) is 28.0 Å². The zero-order valence-electron chi connectivity index (χ0n) is 22.8. The average Bonchev–Trinajstić information content (AvgIpc) is 3.52. The van der Waals surface area contributed by atoms with Crippen LogP contribution in [0.15, 0.2) is 53.7 Å². The molecule has 0 spiro atoms. The molecule has 0 saturated carbocycles. The Morgan fingerprint density at radius 1 is 1.00 bits per heavy atom. The molecular formula is C30H33N7O3. The van der Waals surface area contributed by atoms with Crippen molar-refractivity contribution in [1.29, 1.82) is 0 Å². The molecular weight excluding hydrogens is 506 g/mol. The highest BCUT2D eigenvalue weighted by molar-refractivity contribution is 5.95.